The Bertz CT molecular complexity index is 649. The first-order valence-electron chi connectivity index (χ1n) is 4.67. The number of rotatable bonds is 2. The number of carbonyl (C=O) groups is 1. The number of hydrogen-bond acceptors (Lipinski definition) is 4. The van der Waals surface area contributed by atoms with Gasteiger partial charge in [-0.25, -0.2) is 0 Å². The monoisotopic (exact) mass is 290 g/mol. The highest BCUT2D eigenvalue weighted by Crippen LogP contribution is 2.30. The molecule has 1 unspecified atom stereocenters. The van der Waals surface area contributed by atoms with E-state index in [-0.39, 0.29) is 5.56 Å². The van der Waals surface area contributed by atoms with Crippen molar-refractivity contribution in [3.8, 4) is 6.07 Å². The second-order valence-electron chi connectivity index (χ2n) is 3.33. The van der Waals surface area contributed by atoms with Gasteiger partial charge >= 0.3 is 16.7 Å². The van der Waals surface area contributed by atoms with Crippen LogP contribution in [0.2, 0.25) is 0 Å². The summed E-state index contributed by atoms with van der Waals surface area (Å²) in [7, 11) is -3.02. The van der Waals surface area contributed by atoms with Crippen LogP contribution in [-0.2, 0) is 21.5 Å². The summed E-state index contributed by atoms with van der Waals surface area (Å²) in [4.78, 5) is 11.3. The molecule has 9 heteroatoms. The lowest BCUT2D eigenvalue weighted by Crippen LogP contribution is -2.09. The van der Waals surface area contributed by atoms with Crippen molar-refractivity contribution in [1.29, 1.82) is 5.26 Å². The van der Waals surface area contributed by atoms with E-state index >= 15 is 0 Å². The maximum atomic E-state index is 12.3. The Kier molecular flexibility index (Phi) is 4.39. The van der Waals surface area contributed by atoms with Crippen molar-refractivity contribution in [2.24, 2.45) is 4.36 Å². The molecule has 0 bridgehead atoms. The van der Waals surface area contributed by atoms with E-state index < -0.39 is 34.1 Å². The Morgan fingerprint density at radius 3 is 2.16 bits per heavy atom. The summed E-state index contributed by atoms with van der Waals surface area (Å²) < 4.78 is 59.9. The van der Waals surface area contributed by atoms with Crippen LogP contribution >= 0.6 is 0 Å². The Morgan fingerprint density at radius 2 is 1.79 bits per heavy atom. The fraction of sp³-hybridized carbons (Fsp3) is 0.200. The molecule has 0 saturated carbocycles. The van der Waals surface area contributed by atoms with Gasteiger partial charge in [-0.15, -0.1) is 0 Å². The largest absolute Gasteiger partial charge is 0.416 e. The van der Waals surface area contributed by atoms with Crippen molar-refractivity contribution < 1.29 is 26.4 Å². The lowest BCUT2D eigenvalue weighted by molar-refractivity contribution is -0.137. The van der Waals surface area contributed by atoms with Gasteiger partial charge in [0.25, 0.3) is 5.91 Å². The number of nitriles is 1. The molecule has 1 aromatic rings. The molecule has 5 nitrogen and oxygen atoms in total. The maximum absolute atomic E-state index is 12.3. The predicted molar refractivity (Wildman–Crippen MR) is 56.2 cm³/mol. The summed E-state index contributed by atoms with van der Waals surface area (Å²) in [6.45, 7) is 0. The van der Waals surface area contributed by atoms with Crippen LogP contribution in [0.5, 0.6) is 0 Å². The molecule has 0 radical (unpaired) electrons. The molecule has 19 heavy (non-hydrogen) atoms. The highest BCUT2D eigenvalue weighted by Gasteiger charge is 2.30. The summed E-state index contributed by atoms with van der Waals surface area (Å²) in [6, 6.07) is 4.73. The van der Waals surface area contributed by atoms with E-state index in [0.717, 1.165) is 12.1 Å². The molecular weight excluding hydrogens is 285 g/mol. The summed E-state index contributed by atoms with van der Waals surface area (Å²) in [5, 5.41) is 8.74. The Balaban J connectivity index is 3.12. The molecular formula is C10H5F3N2O3S. The van der Waals surface area contributed by atoms with Gasteiger partial charge in [-0.3, -0.25) is 4.79 Å². The third kappa shape index (κ3) is 3.89. The molecule has 1 aromatic carbocycles. The van der Waals surface area contributed by atoms with E-state index in [1.54, 1.807) is 0 Å². The summed E-state index contributed by atoms with van der Waals surface area (Å²) >= 11 is 0. The van der Waals surface area contributed by atoms with E-state index in [2.05, 4.69) is 4.36 Å². The molecule has 1 amide bonds. The van der Waals surface area contributed by atoms with Crippen LogP contribution < -0.4 is 0 Å². The first kappa shape index (κ1) is 14.8. The van der Waals surface area contributed by atoms with Crippen LogP contribution in [0.15, 0.2) is 28.6 Å². The van der Waals surface area contributed by atoms with Crippen LogP contribution in [-0.4, -0.2) is 14.3 Å². The molecule has 0 aliphatic rings. The van der Waals surface area contributed by atoms with Crippen LogP contribution in [0, 0.1) is 11.3 Å². The van der Waals surface area contributed by atoms with Crippen molar-refractivity contribution >= 4 is 16.4 Å². The van der Waals surface area contributed by atoms with Crippen LogP contribution in [0.1, 0.15) is 17.0 Å². The van der Waals surface area contributed by atoms with Crippen LogP contribution in [0.25, 0.3) is 0 Å². The van der Waals surface area contributed by atoms with Gasteiger partial charge < -0.3 is 0 Å². The minimum absolute atomic E-state index is 0.0605. The van der Waals surface area contributed by atoms with Gasteiger partial charge in [-0.05, 0) is 17.7 Å². The first-order valence-corrected chi connectivity index (χ1v) is 5.70. The van der Waals surface area contributed by atoms with Crippen molar-refractivity contribution in [1.82, 2.24) is 0 Å². The second-order valence-corrected chi connectivity index (χ2v) is 3.95. The summed E-state index contributed by atoms with van der Waals surface area (Å²) in [5.74, 6) is -2.81. The highest BCUT2D eigenvalue weighted by atomic mass is 32.2. The molecule has 100 valence electrons. The lowest BCUT2D eigenvalue weighted by atomic mass is 9.99. The third-order valence-electron chi connectivity index (χ3n) is 2.11. The topological polar surface area (TPSA) is 87.4 Å². The smallest absolute Gasteiger partial charge is 0.270 e. The van der Waals surface area contributed by atoms with E-state index in [9.17, 15) is 26.4 Å². The number of hydrogen-bond donors (Lipinski definition) is 0. The summed E-state index contributed by atoms with van der Waals surface area (Å²) in [5.41, 5.74) is -1.00. The predicted octanol–water partition coefficient (Wildman–Crippen LogP) is 1.90. The molecule has 0 heterocycles. The maximum Gasteiger partial charge on any atom is 0.416 e. The highest BCUT2D eigenvalue weighted by molar-refractivity contribution is 7.62. The van der Waals surface area contributed by atoms with E-state index in [4.69, 9.17) is 5.26 Å². The average molecular weight is 290 g/mol. The lowest BCUT2D eigenvalue weighted by Gasteiger charge is -2.08. The fourth-order valence-electron chi connectivity index (χ4n) is 1.26. The normalized spacial score (nSPS) is 12.3. The molecule has 1 rings (SSSR count). The molecule has 1 atom stereocenters. The van der Waals surface area contributed by atoms with Gasteiger partial charge in [-0.1, -0.05) is 16.5 Å². The van der Waals surface area contributed by atoms with Crippen molar-refractivity contribution in [3.05, 3.63) is 35.4 Å². The van der Waals surface area contributed by atoms with Gasteiger partial charge in [0.05, 0.1) is 11.6 Å². The Morgan fingerprint density at radius 1 is 1.26 bits per heavy atom. The minimum Gasteiger partial charge on any atom is -0.270 e. The van der Waals surface area contributed by atoms with Gasteiger partial charge in [0.2, 0.25) is 0 Å². The zero-order chi connectivity index (χ0) is 14.6. The minimum atomic E-state index is -4.54. The average Bonchev–Trinajstić information content (AvgIpc) is 2.28. The first-order chi connectivity index (χ1) is 8.75. The second kappa shape index (κ2) is 5.62. The number of alkyl halides is 3. The van der Waals surface area contributed by atoms with E-state index in [0.29, 0.717) is 12.1 Å². The SMILES string of the molecule is N#CC(C(=O)N=S(=O)=O)c1ccc(C(F)(F)F)cc1. The molecule has 0 spiro atoms. The molecule has 0 fully saturated rings. The molecule has 0 saturated heterocycles. The van der Waals surface area contributed by atoms with Crippen LogP contribution in [0.3, 0.4) is 0 Å². The van der Waals surface area contributed by atoms with Crippen LogP contribution in [0.4, 0.5) is 13.2 Å². The quantitative estimate of drug-likeness (QED) is 0.832. The number of amides is 1. The van der Waals surface area contributed by atoms with Gasteiger partial charge in [0.15, 0.2) is 5.92 Å². The molecule has 0 aromatic heterocycles. The number of nitrogens with zero attached hydrogens (tertiary/aromatic N) is 2. The summed E-state index contributed by atoms with van der Waals surface area (Å²) in [6.07, 6.45) is -4.54. The van der Waals surface area contributed by atoms with E-state index in [1.165, 1.54) is 6.07 Å². The standard InChI is InChI=1S/C10H5F3N2O3S/c11-10(12,13)7-3-1-6(2-4-7)8(5-14)9(16)15-19(17)18/h1-4,8H. The zero-order valence-electron chi connectivity index (χ0n) is 9.05. The molecule has 0 N–H and O–H groups in total. The van der Waals surface area contributed by atoms with Crippen molar-refractivity contribution in [3.63, 3.8) is 0 Å². The fourth-order valence-corrected chi connectivity index (χ4v) is 1.52. The molecule has 0 aliphatic heterocycles. The van der Waals surface area contributed by atoms with E-state index in [1.807, 2.05) is 0 Å². The van der Waals surface area contributed by atoms with Gasteiger partial charge in [0, 0.05) is 0 Å². The van der Waals surface area contributed by atoms with Crippen molar-refractivity contribution in [2.75, 3.05) is 0 Å². The van der Waals surface area contributed by atoms with Gasteiger partial charge in [0.1, 0.15) is 0 Å². The third-order valence-corrected chi connectivity index (χ3v) is 2.44. The van der Waals surface area contributed by atoms with Crippen molar-refractivity contribution in [2.45, 2.75) is 12.1 Å². The Labute approximate surface area is 107 Å². The Hall–Kier alpha value is -2.21. The number of carbonyl (C=O) groups excluding carboxylic acids is 1. The zero-order valence-corrected chi connectivity index (χ0v) is 9.86. The van der Waals surface area contributed by atoms with Gasteiger partial charge in [-0.2, -0.15) is 26.9 Å². The number of benzene rings is 1. The number of halogens is 3. The molecule has 0 aliphatic carbocycles.